The van der Waals surface area contributed by atoms with E-state index in [1.807, 2.05) is 38.1 Å². The van der Waals surface area contributed by atoms with Crippen LogP contribution in [0.1, 0.15) is 29.8 Å². The van der Waals surface area contributed by atoms with Gasteiger partial charge in [-0.25, -0.2) is 13.4 Å². The Morgan fingerprint density at radius 3 is 2.60 bits per heavy atom. The van der Waals surface area contributed by atoms with E-state index in [2.05, 4.69) is 10.3 Å². The molecule has 130 valence electrons. The summed E-state index contributed by atoms with van der Waals surface area (Å²) in [5.41, 5.74) is 1.22. The Morgan fingerprint density at radius 2 is 1.96 bits per heavy atom. The van der Waals surface area contributed by atoms with Gasteiger partial charge in [-0.3, -0.25) is 4.79 Å². The molecule has 1 aromatic carbocycles. The summed E-state index contributed by atoms with van der Waals surface area (Å²) in [6, 6.07) is 8.22. The van der Waals surface area contributed by atoms with Crippen LogP contribution in [0, 0.1) is 0 Å². The van der Waals surface area contributed by atoms with Crippen molar-refractivity contribution in [3.8, 4) is 5.75 Å². The Bertz CT molecular complexity index is 961. The molecule has 1 aliphatic heterocycles. The van der Waals surface area contributed by atoms with Gasteiger partial charge >= 0.3 is 0 Å². The summed E-state index contributed by atoms with van der Waals surface area (Å²) in [4.78, 5) is 16.3. The zero-order chi connectivity index (χ0) is 18.2. The molecule has 2 aromatic rings. The van der Waals surface area contributed by atoms with Crippen molar-refractivity contribution in [2.24, 2.45) is 0 Å². The topological polar surface area (TPSA) is 85.4 Å². The summed E-state index contributed by atoms with van der Waals surface area (Å²) in [6.07, 6.45) is 6.22. The summed E-state index contributed by atoms with van der Waals surface area (Å²) in [7, 11) is -3.40. The van der Waals surface area contributed by atoms with Gasteiger partial charge in [0.25, 0.3) is 5.91 Å². The smallest absolute Gasteiger partial charge is 0.257 e. The maximum absolute atomic E-state index is 12.4. The van der Waals surface area contributed by atoms with E-state index in [0.717, 1.165) is 11.8 Å². The van der Waals surface area contributed by atoms with Gasteiger partial charge < -0.3 is 10.1 Å². The van der Waals surface area contributed by atoms with E-state index in [1.54, 1.807) is 6.07 Å². The minimum atomic E-state index is -3.40. The summed E-state index contributed by atoms with van der Waals surface area (Å²) < 4.78 is 28.8. The fraction of sp³-hybridized carbons (Fsp3) is 0.222. The molecule has 1 N–H and O–H groups in total. The molecule has 0 aliphatic carbocycles. The van der Waals surface area contributed by atoms with Crippen molar-refractivity contribution in [3.05, 3.63) is 53.7 Å². The van der Waals surface area contributed by atoms with Crippen LogP contribution in [0.15, 0.2) is 47.6 Å². The van der Waals surface area contributed by atoms with Crippen molar-refractivity contribution in [3.63, 3.8) is 0 Å². The number of nitrogens with one attached hydrogen (secondary N) is 1. The highest BCUT2D eigenvalue weighted by Gasteiger charge is 2.24. The van der Waals surface area contributed by atoms with Crippen molar-refractivity contribution in [1.82, 2.24) is 4.98 Å². The van der Waals surface area contributed by atoms with Crippen LogP contribution in [0.3, 0.4) is 0 Å². The lowest BCUT2D eigenvalue weighted by Gasteiger charge is -2.29. The van der Waals surface area contributed by atoms with Crippen LogP contribution >= 0.6 is 0 Å². The van der Waals surface area contributed by atoms with Gasteiger partial charge in [0, 0.05) is 18.0 Å². The van der Waals surface area contributed by atoms with Crippen LogP contribution in [0.5, 0.6) is 5.75 Å². The molecule has 0 saturated carbocycles. The molecule has 2 heterocycles. The fourth-order valence-corrected chi connectivity index (χ4v) is 2.97. The zero-order valence-electron chi connectivity index (χ0n) is 14.1. The number of fused-ring (bicyclic) bond motifs is 1. The Labute approximate surface area is 146 Å². The number of para-hydroxylation sites is 1. The zero-order valence-corrected chi connectivity index (χ0v) is 14.9. The molecule has 0 spiro atoms. The van der Waals surface area contributed by atoms with Gasteiger partial charge in [-0.05, 0) is 38.1 Å². The largest absolute Gasteiger partial charge is 0.481 e. The lowest BCUT2D eigenvalue weighted by atomic mass is 10.0. The van der Waals surface area contributed by atoms with Crippen molar-refractivity contribution in [2.75, 3.05) is 11.6 Å². The molecule has 0 atom stereocenters. The predicted molar refractivity (Wildman–Crippen MR) is 95.5 cm³/mol. The Morgan fingerprint density at radius 1 is 1.20 bits per heavy atom. The third-order valence-corrected chi connectivity index (χ3v) is 4.70. The number of ether oxygens (including phenoxy) is 1. The number of rotatable bonds is 3. The Hall–Kier alpha value is -2.67. The van der Waals surface area contributed by atoms with Crippen LogP contribution in [-0.2, 0) is 9.84 Å². The van der Waals surface area contributed by atoms with Crippen LogP contribution in [0.4, 0.5) is 5.69 Å². The van der Waals surface area contributed by atoms with Crippen molar-refractivity contribution in [1.29, 1.82) is 0 Å². The molecular weight excluding hydrogens is 340 g/mol. The number of hydrogen-bond acceptors (Lipinski definition) is 5. The van der Waals surface area contributed by atoms with Gasteiger partial charge in [-0.15, -0.1) is 0 Å². The van der Waals surface area contributed by atoms with Gasteiger partial charge in [0.05, 0.1) is 11.3 Å². The number of nitrogens with zero attached hydrogens (tertiary/aromatic N) is 1. The molecule has 6 nitrogen and oxygen atoms in total. The minimum absolute atomic E-state index is 0.0728. The Balaban J connectivity index is 1.86. The van der Waals surface area contributed by atoms with E-state index in [-0.39, 0.29) is 10.6 Å². The molecule has 1 aliphatic rings. The number of anilines is 1. The van der Waals surface area contributed by atoms with Crippen molar-refractivity contribution < 1.29 is 17.9 Å². The lowest BCUT2D eigenvalue weighted by molar-refractivity contribution is 0.102. The standard InChI is InChI=1S/C18H18N2O4S/c1-18(2)10-9-12-5-4-6-14(16(12)24-18)20-17(21)13-7-8-15(19-11-13)25(3,22)23/h4-11H,1-3H3,(H,20,21). The van der Waals surface area contributed by atoms with Gasteiger partial charge in [0.2, 0.25) is 0 Å². The number of hydrogen-bond donors (Lipinski definition) is 1. The average molecular weight is 358 g/mol. The SMILES string of the molecule is CC1(C)C=Cc2cccc(NC(=O)c3ccc(S(C)(=O)=O)nc3)c2O1. The quantitative estimate of drug-likeness (QED) is 0.912. The van der Waals surface area contributed by atoms with E-state index in [4.69, 9.17) is 4.74 Å². The van der Waals surface area contributed by atoms with E-state index < -0.39 is 21.3 Å². The van der Waals surface area contributed by atoms with E-state index in [1.165, 1.54) is 18.3 Å². The molecule has 1 aromatic heterocycles. The number of amides is 1. The van der Waals surface area contributed by atoms with Crippen LogP contribution in [-0.4, -0.2) is 31.2 Å². The molecule has 0 saturated heterocycles. The van der Waals surface area contributed by atoms with Crippen molar-refractivity contribution >= 4 is 27.5 Å². The molecule has 25 heavy (non-hydrogen) atoms. The predicted octanol–water partition coefficient (Wildman–Crippen LogP) is 2.92. The van der Waals surface area contributed by atoms with Crippen LogP contribution < -0.4 is 10.1 Å². The van der Waals surface area contributed by atoms with Crippen LogP contribution in [0.25, 0.3) is 6.08 Å². The fourth-order valence-electron chi connectivity index (χ4n) is 2.41. The number of carbonyl (C=O) groups excluding carboxylic acids is 1. The highest BCUT2D eigenvalue weighted by molar-refractivity contribution is 7.90. The molecule has 0 unspecified atom stereocenters. The minimum Gasteiger partial charge on any atom is -0.481 e. The van der Waals surface area contributed by atoms with Gasteiger partial charge in [0.1, 0.15) is 5.60 Å². The lowest BCUT2D eigenvalue weighted by Crippen LogP contribution is -2.28. The van der Waals surface area contributed by atoms with E-state index >= 15 is 0 Å². The van der Waals surface area contributed by atoms with E-state index in [9.17, 15) is 13.2 Å². The number of pyridine rings is 1. The van der Waals surface area contributed by atoms with Gasteiger partial charge in [0.15, 0.2) is 20.6 Å². The highest BCUT2D eigenvalue weighted by atomic mass is 32.2. The second-order valence-electron chi connectivity index (χ2n) is 6.37. The maximum Gasteiger partial charge on any atom is 0.257 e. The number of carbonyl (C=O) groups is 1. The molecule has 0 fully saturated rings. The summed E-state index contributed by atoms with van der Waals surface area (Å²) >= 11 is 0. The second-order valence-corrected chi connectivity index (χ2v) is 8.34. The molecule has 0 bridgehead atoms. The third-order valence-electron chi connectivity index (χ3n) is 3.70. The number of aromatic nitrogens is 1. The monoisotopic (exact) mass is 358 g/mol. The van der Waals surface area contributed by atoms with Gasteiger partial charge in [-0.1, -0.05) is 18.2 Å². The molecule has 7 heteroatoms. The maximum atomic E-state index is 12.4. The molecule has 0 radical (unpaired) electrons. The number of sulfone groups is 1. The second kappa shape index (κ2) is 6.00. The first-order chi connectivity index (χ1) is 11.7. The van der Waals surface area contributed by atoms with E-state index in [0.29, 0.717) is 11.4 Å². The average Bonchev–Trinajstić information content (AvgIpc) is 2.54. The highest BCUT2D eigenvalue weighted by Crippen LogP contribution is 2.37. The first-order valence-electron chi connectivity index (χ1n) is 7.64. The first-order valence-corrected chi connectivity index (χ1v) is 9.54. The normalized spacial score (nSPS) is 15.2. The number of benzene rings is 1. The van der Waals surface area contributed by atoms with Crippen molar-refractivity contribution in [2.45, 2.75) is 24.5 Å². The first kappa shape index (κ1) is 17.2. The molecular formula is C18H18N2O4S. The molecule has 1 amide bonds. The van der Waals surface area contributed by atoms with Gasteiger partial charge in [-0.2, -0.15) is 0 Å². The third kappa shape index (κ3) is 3.71. The summed E-state index contributed by atoms with van der Waals surface area (Å²) in [6.45, 7) is 3.86. The van der Waals surface area contributed by atoms with Crippen LogP contribution in [0.2, 0.25) is 0 Å². The summed E-state index contributed by atoms with van der Waals surface area (Å²) in [5, 5.41) is 2.72. The summed E-state index contributed by atoms with van der Waals surface area (Å²) in [5.74, 6) is 0.209. The Kier molecular flexibility index (Phi) is 4.12. The molecule has 3 rings (SSSR count).